The van der Waals surface area contributed by atoms with Crippen LogP contribution >= 0.6 is 0 Å². The number of carbonyl (C=O) groups is 2. The summed E-state index contributed by atoms with van der Waals surface area (Å²) in [4.78, 5) is 28.7. The topological polar surface area (TPSA) is 72.9 Å². The molecule has 2 amide bonds. The van der Waals surface area contributed by atoms with Gasteiger partial charge in [-0.05, 0) is 50.8 Å². The number of carboxylic acid groups (broad SMARTS) is 1. The van der Waals surface area contributed by atoms with Crippen LogP contribution in [-0.4, -0.2) is 58.6 Å². The van der Waals surface area contributed by atoms with Crippen LogP contribution in [0.5, 0.6) is 0 Å². The van der Waals surface area contributed by atoms with Crippen LogP contribution in [0.3, 0.4) is 0 Å². The highest BCUT2D eigenvalue weighted by molar-refractivity contribution is 6.00. The van der Waals surface area contributed by atoms with Crippen molar-refractivity contribution in [3.8, 4) is 0 Å². The molecular formula is C19H27N3O3. The molecule has 0 atom stereocenters. The van der Waals surface area contributed by atoms with Crippen LogP contribution in [0.15, 0.2) is 24.3 Å². The van der Waals surface area contributed by atoms with Gasteiger partial charge in [-0.25, -0.2) is 9.59 Å². The summed E-state index contributed by atoms with van der Waals surface area (Å²) >= 11 is 0. The Hall–Kier alpha value is -2.08. The Balaban J connectivity index is 1.68. The van der Waals surface area contributed by atoms with Crippen LogP contribution in [0.4, 0.5) is 10.5 Å². The zero-order valence-corrected chi connectivity index (χ0v) is 14.8. The van der Waals surface area contributed by atoms with Gasteiger partial charge in [0.15, 0.2) is 0 Å². The third-order valence-corrected chi connectivity index (χ3v) is 5.06. The summed E-state index contributed by atoms with van der Waals surface area (Å²) < 4.78 is 0. The quantitative estimate of drug-likeness (QED) is 0.830. The molecule has 0 radical (unpaired) electrons. The van der Waals surface area contributed by atoms with Gasteiger partial charge in [-0.2, -0.15) is 0 Å². The number of rotatable bonds is 6. The van der Waals surface area contributed by atoms with E-state index in [1.807, 2.05) is 4.90 Å². The molecule has 2 fully saturated rings. The lowest BCUT2D eigenvalue weighted by atomic mass is 10.0. The Kier molecular flexibility index (Phi) is 5.58. The van der Waals surface area contributed by atoms with Gasteiger partial charge >= 0.3 is 12.0 Å². The molecule has 1 aromatic carbocycles. The van der Waals surface area contributed by atoms with Crippen molar-refractivity contribution < 1.29 is 14.7 Å². The third kappa shape index (κ3) is 4.31. The zero-order valence-electron chi connectivity index (χ0n) is 14.8. The summed E-state index contributed by atoms with van der Waals surface area (Å²) in [5.74, 6) is -1.03. The molecule has 25 heavy (non-hydrogen) atoms. The molecular weight excluding hydrogens is 318 g/mol. The van der Waals surface area contributed by atoms with Gasteiger partial charge in [-0.3, -0.25) is 0 Å². The first-order valence-corrected chi connectivity index (χ1v) is 9.24. The van der Waals surface area contributed by atoms with Crippen molar-refractivity contribution in [2.45, 2.75) is 51.1 Å². The number of anilines is 1. The van der Waals surface area contributed by atoms with Crippen molar-refractivity contribution in [1.82, 2.24) is 9.80 Å². The Morgan fingerprint density at radius 3 is 2.40 bits per heavy atom. The van der Waals surface area contributed by atoms with E-state index in [-0.39, 0.29) is 17.6 Å². The second-order valence-corrected chi connectivity index (χ2v) is 6.99. The minimum atomic E-state index is -1.03. The van der Waals surface area contributed by atoms with Crippen LogP contribution in [0.1, 0.15) is 49.4 Å². The van der Waals surface area contributed by atoms with E-state index in [0.29, 0.717) is 11.7 Å². The summed E-state index contributed by atoms with van der Waals surface area (Å²) in [6, 6.07) is 6.97. The molecule has 136 valence electrons. The van der Waals surface area contributed by atoms with E-state index in [9.17, 15) is 14.7 Å². The molecule has 1 aliphatic carbocycles. The maximum atomic E-state index is 12.9. The Morgan fingerprint density at radius 2 is 1.80 bits per heavy atom. The molecule has 2 N–H and O–H groups in total. The number of hydrogen-bond acceptors (Lipinski definition) is 3. The van der Waals surface area contributed by atoms with Crippen molar-refractivity contribution in [3.05, 3.63) is 29.8 Å². The molecule has 1 heterocycles. The molecule has 6 nitrogen and oxygen atoms in total. The van der Waals surface area contributed by atoms with Crippen LogP contribution in [0.2, 0.25) is 0 Å². The van der Waals surface area contributed by atoms with Gasteiger partial charge in [0, 0.05) is 25.2 Å². The Labute approximate surface area is 148 Å². The van der Waals surface area contributed by atoms with Gasteiger partial charge in [-0.15, -0.1) is 0 Å². The summed E-state index contributed by atoms with van der Waals surface area (Å²) in [5, 5.41) is 12.1. The molecule has 1 saturated heterocycles. The van der Waals surface area contributed by atoms with E-state index < -0.39 is 5.97 Å². The molecule has 3 rings (SSSR count). The molecule has 1 saturated carbocycles. The fraction of sp³-hybridized carbons (Fsp3) is 0.579. The molecule has 0 unspecified atom stereocenters. The molecule has 1 aromatic rings. The largest absolute Gasteiger partial charge is 0.478 e. The average molecular weight is 345 g/mol. The summed E-state index contributed by atoms with van der Waals surface area (Å²) in [5.41, 5.74) is 0.499. The molecule has 1 aliphatic heterocycles. The lowest BCUT2D eigenvalue weighted by Crippen LogP contribution is -2.50. The normalized spacial score (nSPS) is 18.8. The number of likely N-dealkylation sites (tertiary alicyclic amines) is 1. The smallest absolute Gasteiger partial charge is 0.337 e. The summed E-state index contributed by atoms with van der Waals surface area (Å²) in [6.07, 6.45) is 5.23. The van der Waals surface area contributed by atoms with Gasteiger partial charge in [0.25, 0.3) is 0 Å². The number of nitrogens with one attached hydrogen (secondary N) is 1. The van der Waals surface area contributed by atoms with E-state index in [1.54, 1.807) is 18.2 Å². The minimum Gasteiger partial charge on any atom is -0.478 e. The summed E-state index contributed by atoms with van der Waals surface area (Å²) in [7, 11) is 0. The first kappa shape index (κ1) is 17.7. The number of benzene rings is 1. The van der Waals surface area contributed by atoms with Gasteiger partial charge in [0.2, 0.25) is 0 Å². The van der Waals surface area contributed by atoms with Crippen LogP contribution < -0.4 is 5.32 Å². The third-order valence-electron chi connectivity index (χ3n) is 5.06. The van der Waals surface area contributed by atoms with Gasteiger partial charge < -0.3 is 20.2 Å². The van der Waals surface area contributed by atoms with Crippen LogP contribution in [0.25, 0.3) is 0 Å². The number of carboxylic acids is 1. The molecule has 0 aromatic heterocycles. The number of aromatic carboxylic acids is 1. The van der Waals surface area contributed by atoms with Crippen molar-refractivity contribution in [1.29, 1.82) is 0 Å². The highest BCUT2D eigenvalue weighted by atomic mass is 16.4. The monoisotopic (exact) mass is 345 g/mol. The van der Waals surface area contributed by atoms with E-state index in [0.717, 1.165) is 51.7 Å². The maximum Gasteiger partial charge on any atom is 0.337 e. The van der Waals surface area contributed by atoms with E-state index in [4.69, 9.17) is 0 Å². The second-order valence-electron chi connectivity index (χ2n) is 6.99. The van der Waals surface area contributed by atoms with Crippen LogP contribution in [0, 0.1) is 0 Å². The fourth-order valence-corrected chi connectivity index (χ4v) is 3.68. The Bertz CT molecular complexity index is 622. The van der Waals surface area contributed by atoms with Crippen molar-refractivity contribution in [2.24, 2.45) is 0 Å². The van der Waals surface area contributed by atoms with Crippen molar-refractivity contribution in [3.63, 3.8) is 0 Å². The Morgan fingerprint density at radius 1 is 1.16 bits per heavy atom. The lowest BCUT2D eigenvalue weighted by Gasteiger charge is -2.38. The number of amides is 2. The first-order chi connectivity index (χ1) is 12.1. The predicted octanol–water partition coefficient (Wildman–Crippen LogP) is 3.26. The molecule has 2 aliphatic rings. The molecule has 0 spiro atoms. The van der Waals surface area contributed by atoms with Gasteiger partial charge in [-0.1, -0.05) is 19.1 Å². The molecule has 6 heteroatoms. The number of hydrogen-bond donors (Lipinski definition) is 2. The highest BCUT2D eigenvalue weighted by Crippen LogP contribution is 2.32. The fourth-order valence-electron chi connectivity index (χ4n) is 3.68. The number of urea groups is 1. The average Bonchev–Trinajstić information content (AvgIpc) is 3.42. The standard InChI is InChI=1S/C19H27N3O3/c1-2-11-21-12-9-15(10-13-21)22(14-7-8-14)19(25)20-17-6-4-3-5-16(17)18(23)24/h3-6,14-15H,2,7-13H2,1H3,(H,20,25)(H,23,24). The van der Waals surface area contributed by atoms with E-state index in [2.05, 4.69) is 17.1 Å². The number of nitrogens with zero attached hydrogens (tertiary/aromatic N) is 2. The highest BCUT2D eigenvalue weighted by Gasteiger charge is 2.38. The lowest BCUT2D eigenvalue weighted by molar-refractivity contribution is 0.0698. The number of carbonyl (C=O) groups excluding carboxylic acids is 1. The van der Waals surface area contributed by atoms with E-state index >= 15 is 0 Å². The minimum absolute atomic E-state index is 0.129. The maximum absolute atomic E-state index is 12.9. The predicted molar refractivity (Wildman–Crippen MR) is 97.0 cm³/mol. The SMILES string of the molecule is CCCN1CCC(N(C(=O)Nc2ccccc2C(=O)O)C2CC2)CC1. The van der Waals surface area contributed by atoms with Crippen LogP contribution in [-0.2, 0) is 0 Å². The van der Waals surface area contributed by atoms with E-state index in [1.165, 1.54) is 6.07 Å². The zero-order chi connectivity index (χ0) is 17.8. The second kappa shape index (κ2) is 7.87. The molecule has 0 bridgehead atoms. The van der Waals surface area contributed by atoms with Crippen molar-refractivity contribution in [2.75, 3.05) is 25.0 Å². The number of para-hydroxylation sites is 1. The van der Waals surface area contributed by atoms with Gasteiger partial charge in [0.1, 0.15) is 0 Å². The van der Waals surface area contributed by atoms with Crippen molar-refractivity contribution >= 4 is 17.7 Å². The first-order valence-electron chi connectivity index (χ1n) is 9.24. The van der Waals surface area contributed by atoms with Gasteiger partial charge in [0.05, 0.1) is 11.3 Å². The number of piperidine rings is 1. The summed E-state index contributed by atoms with van der Waals surface area (Å²) in [6.45, 7) is 5.37.